The first-order valence-electron chi connectivity index (χ1n) is 6.13. The van der Waals surface area contributed by atoms with Crippen LogP contribution in [0.2, 0.25) is 0 Å². The number of nitrogens with one attached hydrogen (secondary N) is 1. The van der Waals surface area contributed by atoms with Gasteiger partial charge in [-0.1, -0.05) is 18.2 Å². The third kappa shape index (κ3) is 2.64. The lowest BCUT2D eigenvalue weighted by atomic mass is 9.97. The van der Waals surface area contributed by atoms with E-state index >= 15 is 0 Å². The summed E-state index contributed by atoms with van der Waals surface area (Å²) in [6.45, 7) is 1.89. The van der Waals surface area contributed by atoms with Crippen molar-refractivity contribution in [2.45, 2.75) is 13.0 Å². The predicted molar refractivity (Wildman–Crippen MR) is 73.3 cm³/mol. The molecular weight excluding hydrogens is 262 g/mol. The molecule has 0 aliphatic heterocycles. The molecule has 0 heterocycles. The number of hydrogen-bond donors (Lipinski definition) is 2. The molecule has 5 heteroatoms. The number of ether oxygens (including phenoxy) is 1. The van der Waals surface area contributed by atoms with Gasteiger partial charge in [0.2, 0.25) is 0 Å². The Hall–Kier alpha value is -1.98. The number of rotatable bonds is 4. The van der Waals surface area contributed by atoms with Crippen LogP contribution in [-0.2, 0) is 0 Å². The Bertz CT molecular complexity index is 597. The fourth-order valence-electron chi connectivity index (χ4n) is 2.15. The number of nitrogens with two attached hydrogens (primary N) is 1. The summed E-state index contributed by atoms with van der Waals surface area (Å²) in [7, 11) is 1.54. The second kappa shape index (κ2) is 5.98. The molecule has 0 saturated carbocycles. The predicted octanol–water partition coefficient (Wildman–Crippen LogP) is 2.83. The Balaban J connectivity index is 2.53. The normalized spacial score (nSPS) is 12.2. The van der Waals surface area contributed by atoms with Crippen LogP contribution in [0.15, 0.2) is 36.4 Å². The summed E-state index contributed by atoms with van der Waals surface area (Å²) in [5.41, 5.74) is 3.90. The largest absolute Gasteiger partial charge is 0.496 e. The molecule has 2 rings (SSSR count). The van der Waals surface area contributed by atoms with Crippen molar-refractivity contribution in [2.24, 2.45) is 5.84 Å². The maximum Gasteiger partial charge on any atom is 0.131 e. The lowest BCUT2D eigenvalue weighted by Crippen LogP contribution is -2.30. The Morgan fingerprint density at radius 2 is 1.80 bits per heavy atom. The first-order chi connectivity index (χ1) is 9.58. The van der Waals surface area contributed by atoms with Gasteiger partial charge in [0, 0.05) is 5.56 Å². The van der Waals surface area contributed by atoms with Gasteiger partial charge in [0.25, 0.3) is 0 Å². The lowest BCUT2D eigenvalue weighted by molar-refractivity contribution is 0.410. The van der Waals surface area contributed by atoms with Crippen molar-refractivity contribution in [1.82, 2.24) is 5.43 Å². The van der Waals surface area contributed by atoms with Crippen LogP contribution in [0.5, 0.6) is 5.75 Å². The second-order valence-corrected chi connectivity index (χ2v) is 4.46. The monoisotopic (exact) mass is 278 g/mol. The summed E-state index contributed by atoms with van der Waals surface area (Å²) >= 11 is 0. The van der Waals surface area contributed by atoms with E-state index in [1.54, 1.807) is 19.2 Å². The summed E-state index contributed by atoms with van der Waals surface area (Å²) < 4.78 is 33.0. The zero-order valence-corrected chi connectivity index (χ0v) is 11.3. The van der Waals surface area contributed by atoms with Crippen LogP contribution in [0.25, 0.3) is 0 Å². The van der Waals surface area contributed by atoms with Crippen molar-refractivity contribution in [1.29, 1.82) is 0 Å². The van der Waals surface area contributed by atoms with Crippen LogP contribution in [0.1, 0.15) is 22.7 Å². The van der Waals surface area contributed by atoms with Crippen LogP contribution >= 0.6 is 0 Å². The van der Waals surface area contributed by atoms with Crippen LogP contribution in [-0.4, -0.2) is 7.11 Å². The Kier molecular flexibility index (Phi) is 4.32. The van der Waals surface area contributed by atoms with Crippen molar-refractivity contribution in [3.63, 3.8) is 0 Å². The first-order valence-corrected chi connectivity index (χ1v) is 6.13. The molecule has 0 radical (unpaired) electrons. The molecule has 0 amide bonds. The standard InChI is InChI=1S/C15H16F2N2O/c1-9-6-7-10(8-13(9)20-2)15(19-18)14-11(16)4-3-5-12(14)17/h3-8,15,19H,18H2,1-2H3. The molecule has 0 aliphatic rings. The minimum Gasteiger partial charge on any atom is -0.496 e. The first kappa shape index (κ1) is 14.4. The van der Waals surface area contributed by atoms with E-state index in [0.717, 1.165) is 5.56 Å². The molecule has 3 nitrogen and oxygen atoms in total. The number of halogens is 2. The van der Waals surface area contributed by atoms with Gasteiger partial charge in [-0.3, -0.25) is 5.84 Å². The molecule has 0 spiro atoms. The van der Waals surface area contributed by atoms with Gasteiger partial charge < -0.3 is 4.74 Å². The minimum absolute atomic E-state index is 0.110. The lowest BCUT2D eigenvalue weighted by Gasteiger charge is -2.19. The molecule has 0 aromatic heterocycles. The summed E-state index contributed by atoms with van der Waals surface area (Å²) in [4.78, 5) is 0. The third-order valence-electron chi connectivity index (χ3n) is 3.22. The highest BCUT2D eigenvalue weighted by atomic mass is 19.1. The number of benzene rings is 2. The quantitative estimate of drug-likeness (QED) is 0.668. The van der Waals surface area contributed by atoms with Gasteiger partial charge in [0.05, 0.1) is 13.2 Å². The number of hydrogen-bond acceptors (Lipinski definition) is 3. The summed E-state index contributed by atoms with van der Waals surface area (Å²) in [6, 6.07) is 8.22. The van der Waals surface area contributed by atoms with E-state index in [1.807, 2.05) is 13.0 Å². The van der Waals surface area contributed by atoms with Gasteiger partial charge in [0.15, 0.2) is 0 Å². The fraction of sp³-hybridized carbons (Fsp3) is 0.200. The van der Waals surface area contributed by atoms with Gasteiger partial charge >= 0.3 is 0 Å². The highest BCUT2D eigenvalue weighted by Crippen LogP contribution is 2.29. The van der Waals surface area contributed by atoms with Gasteiger partial charge in [-0.05, 0) is 36.2 Å². The number of hydrazine groups is 1. The highest BCUT2D eigenvalue weighted by Gasteiger charge is 2.21. The van der Waals surface area contributed by atoms with E-state index < -0.39 is 17.7 Å². The summed E-state index contributed by atoms with van der Waals surface area (Å²) in [5.74, 6) is 4.83. The van der Waals surface area contributed by atoms with Crippen LogP contribution in [0, 0.1) is 18.6 Å². The van der Waals surface area contributed by atoms with E-state index in [2.05, 4.69) is 5.43 Å². The smallest absolute Gasteiger partial charge is 0.131 e. The molecule has 1 atom stereocenters. The van der Waals surface area contributed by atoms with E-state index in [9.17, 15) is 8.78 Å². The molecule has 0 saturated heterocycles. The van der Waals surface area contributed by atoms with Crippen molar-refractivity contribution < 1.29 is 13.5 Å². The van der Waals surface area contributed by atoms with Crippen molar-refractivity contribution >= 4 is 0 Å². The van der Waals surface area contributed by atoms with Gasteiger partial charge in [-0.2, -0.15) is 0 Å². The van der Waals surface area contributed by atoms with E-state index in [1.165, 1.54) is 18.2 Å². The molecule has 0 fully saturated rings. The molecule has 0 aliphatic carbocycles. The maximum absolute atomic E-state index is 13.9. The fourth-order valence-corrected chi connectivity index (χ4v) is 2.15. The Labute approximate surface area is 116 Å². The Morgan fingerprint density at radius 1 is 1.15 bits per heavy atom. The number of aryl methyl sites for hydroxylation is 1. The molecule has 2 aromatic carbocycles. The van der Waals surface area contributed by atoms with Gasteiger partial charge in [-0.15, -0.1) is 0 Å². The summed E-state index contributed by atoms with van der Waals surface area (Å²) in [6.07, 6.45) is 0. The summed E-state index contributed by atoms with van der Waals surface area (Å²) in [5, 5.41) is 0. The zero-order valence-electron chi connectivity index (χ0n) is 11.3. The maximum atomic E-state index is 13.9. The average Bonchev–Trinajstić information content (AvgIpc) is 2.44. The van der Waals surface area contributed by atoms with E-state index in [4.69, 9.17) is 10.6 Å². The van der Waals surface area contributed by atoms with Gasteiger partial charge in [-0.25, -0.2) is 14.2 Å². The van der Waals surface area contributed by atoms with Gasteiger partial charge in [0.1, 0.15) is 17.4 Å². The molecular formula is C15H16F2N2O. The Morgan fingerprint density at radius 3 is 2.35 bits per heavy atom. The molecule has 3 N–H and O–H groups in total. The topological polar surface area (TPSA) is 47.3 Å². The molecule has 2 aromatic rings. The van der Waals surface area contributed by atoms with Crippen molar-refractivity contribution in [3.05, 3.63) is 64.7 Å². The van der Waals surface area contributed by atoms with E-state index in [-0.39, 0.29) is 5.56 Å². The van der Waals surface area contributed by atoms with E-state index in [0.29, 0.717) is 11.3 Å². The van der Waals surface area contributed by atoms with Crippen LogP contribution in [0.4, 0.5) is 8.78 Å². The number of methoxy groups -OCH3 is 1. The zero-order chi connectivity index (χ0) is 14.7. The second-order valence-electron chi connectivity index (χ2n) is 4.46. The average molecular weight is 278 g/mol. The molecule has 1 unspecified atom stereocenters. The molecule has 20 heavy (non-hydrogen) atoms. The third-order valence-corrected chi connectivity index (χ3v) is 3.22. The van der Waals surface area contributed by atoms with Crippen molar-refractivity contribution in [3.8, 4) is 5.75 Å². The van der Waals surface area contributed by atoms with Crippen LogP contribution in [0.3, 0.4) is 0 Å². The van der Waals surface area contributed by atoms with Crippen LogP contribution < -0.4 is 16.0 Å². The minimum atomic E-state index is -0.786. The molecule has 0 bridgehead atoms. The highest BCUT2D eigenvalue weighted by molar-refractivity contribution is 5.41. The van der Waals surface area contributed by atoms with Crippen molar-refractivity contribution in [2.75, 3.05) is 7.11 Å². The SMILES string of the molecule is COc1cc(C(NN)c2c(F)cccc2F)ccc1C. The molecule has 106 valence electrons.